The Morgan fingerprint density at radius 2 is 2.05 bits per heavy atom. The van der Waals surface area contributed by atoms with Crippen LogP contribution in [0.15, 0.2) is 24.3 Å². The molecule has 0 radical (unpaired) electrons. The summed E-state index contributed by atoms with van der Waals surface area (Å²) in [6.45, 7) is 7.91. The van der Waals surface area contributed by atoms with Crippen molar-refractivity contribution in [1.29, 1.82) is 0 Å². The van der Waals surface area contributed by atoms with E-state index >= 15 is 0 Å². The monoisotopic (exact) mass is 263 g/mol. The lowest BCUT2D eigenvalue weighted by Crippen LogP contribution is -2.39. The van der Waals surface area contributed by atoms with Gasteiger partial charge in [-0.25, -0.2) is 0 Å². The number of nitrogens with one attached hydrogen (secondary N) is 1. The summed E-state index contributed by atoms with van der Waals surface area (Å²) in [5, 5.41) is 3.19. The molecular formula is C17H29NO. The van der Waals surface area contributed by atoms with Crippen LogP contribution in [0.1, 0.15) is 65.2 Å². The molecule has 1 unspecified atom stereocenters. The summed E-state index contributed by atoms with van der Waals surface area (Å²) < 4.78 is 0. The Morgan fingerprint density at radius 1 is 1.37 bits per heavy atom. The molecule has 0 aromatic heterocycles. The molecule has 19 heavy (non-hydrogen) atoms. The Hall–Kier alpha value is -1.05. The first-order valence-electron chi connectivity index (χ1n) is 7.75. The van der Waals surface area contributed by atoms with Gasteiger partial charge < -0.3 is 5.32 Å². The Labute approximate surface area is 118 Å². The van der Waals surface area contributed by atoms with E-state index in [1.54, 1.807) is 0 Å². The van der Waals surface area contributed by atoms with Gasteiger partial charge in [-0.15, -0.1) is 6.58 Å². The minimum Gasteiger partial charge on any atom is -0.350 e. The highest BCUT2D eigenvalue weighted by atomic mass is 16.1. The van der Waals surface area contributed by atoms with Gasteiger partial charge in [-0.1, -0.05) is 37.0 Å². The molecule has 1 atom stereocenters. The van der Waals surface area contributed by atoms with Gasteiger partial charge in [-0.3, -0.25) is 4.79 Å². The van der Waals surface area contributed by atoms with Crippen molar-refractivity contribution >= 4 is 5.91 Å². The van der Waals surface area contributed by atoms with Gasteiger partial charge in [0.05, 0.1) is 0 Å². The summed E-state index contributed by atoms with van der Waals surface area (Å²) in [7, 11) is 0. The van der Waals surface area contributed by atoms with Crippen molar-refractivity contribution in [2.75, 3.05) is 0 Å². The summed E-state index contributed by atoms with van der Waals surface area (Å²) in [6.07, 6.45) is 13.2. The van der Waals surface area contributed by atoms with Crippen LogP contribution in [0.3, 0.4) is 0 Å². The standard InChI is InChI=1S/C17H29NO/c1-4-6-8-11-15(5-2)14(3)18-17(19)16-12-9-7-10-13-16/h4-5,14,16H,1,6-13H2,2-3H3,(H,18,19)/b15-5+. The molecule has 108 valence electrons. The fourth-order valence-corrected chi connectivity index (χ4v) is 2.85. The van der Waals surface area contributed by atoms with E-state index < -0.39 is 0 Å². The first-order chi connectivity index (χ1) is 9.19. The molecule has 1 aliphatic rings. The zero-order valence-electron chi connectivity index (χ0n) is 12.6. The number of hydrogen-bond acceptors (Lipinski definition) is 1. The Bertz CT molecular complexity index is 313. The van der Waals surface area contributed by atoms with Gasteiger partial charge in [0.1, 0.15) is 0 Å². The maximum atomic E-state index is 12.2. The van der Waals surface area contributed by atoms with Crippen LogP contribution < -0.4 is 5.32 Å². The second-order valence-electron chi connectivity index (χ2n) is 5.61. The van der Waals surface area contributed by atoms with E-state index in [0.717, 1.165) is 32.1 Å². The van der Waals surface area contributed by atoms with Crippen LogP contribution in [0.2, 0.25) is 0 Å². The molecule has 1 amide bonds. The molecule has 1 N–H and O–H groups in total. The average Bonchev–Trinajstić information content (AvgIpc) is 2.44. The van der Waals surface area contributed by atoms with Gasteiger partial charge in [0.2, 0.25) is 5.91 Å². The number of unbranched alkanes of at least 4 members (excludes halogenated alkanes) is 1. The summed E-state index contributed by atoms with van der Waals surface area (Å²) in [5.74, 6) is 0.512. The highest BCUT2D eigenvalue weighted by Gasteiger charge is 2.22. The number of amides is 1. The van der Waals surface area contributed by atoms with Crippen LogP contribution >= 0.6 is 0 Å². The first kappa shape index (κ1) is 16.0. The van der Waals surface area contributed by atoms with E-state index in [1.165, 1.54) is 24.8 Å². The predicted molar refractivity (Wildman–Crippen MR) is 82.0 cm³/mol. The molecule has 0 aromatic carbocycles. The molecule has 0 aromatic rings. The van der Waals surface area contributed by atoms with Crippen molar-refractivity contribution in [2.45, 2.75) is 71.3 Å². The summed E-state index contributed by atoms with van der Waals surface area (Å²) >= 11 is 0. The summed E-state index contributed by atoms with van der Waals surface area (Å²) in [4.78, 5) is 12.2. The Kier molecular flexibility index (Phi) is 7.54. The number of rotatable bonds is 7. The van der Waals surface area contributed by atoms with E-state index in [-0.39, 0.29) is 17.9 Å². The molecular weight excluding hydrogens is 234 g/mol. The third-order valence-electron chi connectivity index (χ3n) is 4.14. The van der Waals surface area contributed by atoms with Crippen LogP contribution in [0.4, 0.5) is 0 Å². The van der Waals surface area contributed by atoms with Gasteiger partial charge in [0, 0.05) is 12.0 Å². The highest BCUT2D eigenvalue weighted by Crippen LogP contribution is 2.24. The second kappa shape index (κ2) is 8.95. The van der Waals surface area contributed by atoms with Crippen LogP contribution in [0, 0.1) is 5.92 Å². The Morgan fingerprint density at radius 3 is 2.63 bits per heavy atom. The zero-order valence-corrected chi connectivity index (χ0v) is 12.6. The van der Waals surface area contributed by atoms with Crippen LogP contribution in [0.5, 0.6) is 0 Å². The fraction of sp³-hybridized carbons (Fsp3) is 0.706. The van der Waals surface area contributed by atoms with Crippen LogP contribution in [-0.2, 0) is 4.79 Å². The van der Waals surface area contributed by atoms with Crippen molar-refractivity contribution in [3.8, 4) is 0 Å². The minimum absolute atomic E-state index is 0.171. The number of allylic oxidation sites excluding steroid dienone is 2. The van der Waals surface area contributed by atoms with E-state index in [2.05, 4.69) is 31.8 Å². The van der Waals surface area contributed by atoms with Crippen molar-refractivity contribution in [1.82, 2.24) is 5.32 Å². The van der Waals surface area contributed by atoms with Gasteiger partial charge >= 0.3 is 0 Å². The van der Waals surface area contributed by atoms with E-state index in [9.17, 15) is 4.79 Å². The van der Waals surface area contributed by atoms with Gasteiger partial charge in [-0.2, -0.15) is 0 Å². The van der Waals surface area contributed by atoms with Crippen molar-refractivity contribution < 1.29 is 4.79 Å². The van der Waals surface area contributed by atoms with Crippen molar-refractivity contribution in [3.05, 3.63) is 24.3 Å². The second-order valence-corrected chi connectivity index (χ2v) is 5.61. The molecule has 1 rings (SSSR count). The first-order valence-corrected chi connectivity index (χ1v) is 7.75. The molecule has 1 fully saturated rings. The van der Waals surface area contributed by atoms with Crippen LogP contribution in [0.25, 0.3) is 0 Å². The third kappa shape index (κ3) is 5.63. The maximum absolute atomic E-state index is 12.2. The number of carbonyl (C=O) groups is 1. The zero-order chi connectivity index (χ0) is 14.1. The SMILES string of the molecule is C=CCCC/C(=C\C)C(C)NC(=O)C1CCCCC1. The lowest BCUT2D eigenvalue weighted by atomic mass is 9.88. The minimum atomic E-state index is 0.171. The summed E-state index contributed by atoms with van der Waals surface area (Å²) in [5.41, 5.74) is 1.34. The normalized spacial score (nSPS) is 18.9. The Balaban J connectivity index is 2.40. The third-order valence-corrected chi connectivity index (χ3v) is 4.14. The van der Waals surface area contributed by atoms with Crippen LogP contribution in [-0.4, -0.2) is 11.9 Å². The number of carbonyl (C=O) groups excluding carboxylic acids is 1. The lowest BCUT2D eigenvalue weighted by molar-refractivity contribution is -0.126. The smallest absolute Gasteiger partial charge is 0.223 e. The largest absolute Gasteiger partial charge is 0.350 e. The average molecular weight is 263 g/mol. The molecule has 2 nitrogen and oxygen atoms in total. The molecule has 0 spiro atoms. The van der Waals surface area contributed by atoms with Gasteiger partial charge in [-0.05, 0) is 46.0 Å². The summed E-state index contributed by atoms with van der Waals surface area (Å²) in [6, 6.07) is 0.171. The van der Waals surface area contributed by atoms with E-state index in [1.807, 2.05) is 6.08 Å². The molecule has 0 heterocycles. The fourth-order valence-electron chi connectivity index (χ4n) is 2.85. The molecule has 0 aliphatic heterocycles. The van der Waals surface area contributed by atoms with Crippen molar-refractivity contribution in [3.63, 3.8) is 0 Å². The molecule has 2 heteroatoms. The van der Waals surface area contributed by atoms with E-state index in [4.69, 9.17) is 0 Å². The van der Waals surface area contributed by atoms with Gasteiger partial charge in [0.25, 0.3) is 0 Å². The lowest BCUT2D eigenvalue weighted by Gasteiger charge is -2.24. The number of hydrogen-bond donors (Lipinski definition) is 1. The quantitative estimate of drug-likeness (QED) is 0.536. The maximum Gasteiger partial charge on any atom is 0.223 e. The molecule has 0 bridgehead atoms. The molecule has 0 saturated heterocycles. The van der Waals surface area contributed by atoms with E-state index in [0.29, 0.717) is 0 Å². The highest BCUT2D eigenvalue weighted by molar-refractivity contribution is 5.79. The van der Waals surface area contributed by atoms with Crippen molar-refractivity contribution in [2.24, 2.45) is 5.92 Å². The molecule has 1 saturated carbocycles. The predicted octanol–water partition coefficient (Wildman–Crippen LogP) is 4.37. The van der Waals surface area contributed by atoms with Gasteiger partial charge in [0.15, 0.2) is 0 Å². The molecule has 1 aliphatic carbocycles. The topological polar surface area (TPSA) is 29.1 Å².